The molecule has 0 radical (unpaired) electrons. The number of amides is 2. The third-order valence-electron chi connectivity index (χ3n) is 5.03. The normalized spacial score (nSPS) is 13.9. The first-order valence-electron chi connectivity index (χ1n) is 9.65. The average Bonchev–Trinajstić information content (AvgIpc) is 3.35. The molecule has 8 heteroatoms. The van der Waals surface area contributed by atoms with Gasteiger partial charge in [-0.2, -0.15) is 0 Å². The van der Waals surface area contributed by atoms with Gasteiger partial charge in [0.05, 0.1) is 11.1 Å². The topological polar surface area (TPSA) is 72.3 Å². The third kappa shape index (κ3) is 3.85. The molecule has 1 aromatic carbocycles. The minimum Gasteiger partial charge on any atom is -0.283 e. The predicted octanol–water partition coefficient (Wildman–Crippen LogP) is 3.86. The SMILES string of the molecule is C=CCn1c(SCC(=O)N2CCCC2=O)nc2scc(-c3ccc(C)cc3)c2c1=O. The number of allylic oxidation sites excluding steroid dienone is 1. The van der Waals surface area contributed by atoms with Crippen molar-refractivity contribution in [3.8, 4) is 11.1 Å². The molecular weight excluding hydrogens is 418 g/mol. The molecule has 0 aliphatic carbocycles. The van der Waals surface area contributed by atoms with Crippen LogP contribution in [0.1, 0.15) is 18.4 Å². The Hall–Kier alpha value is -2.71. The van der Waals surface area contributed by atoms with Crippen LogP contribution in [0.2, 0.25) is 0 Å². The lowest BCUT2D eigenvalue weighted by Crippen LogP contribution is -2.33. The molecule has 0 N–H and O–H groups in total. The number of thioether (sulfide) groups is 1. The van der Waals surface area contributed by atoms with Crippen molar-refractivity contribution in [1.29, 1.82) is 0 Å². The number of likely N-dealkylation sites (tertiary alicyclic amines) is 1. The highest BCUT2D eigenvalue weighted by molar-refractivity contribution is 7.99. The summed E-state index contributed by atoms with van der Waals surface area (Å²) in [6, 6.07) is 8.04. The van der Waals surface area contributed by atoms with Gasteiger partial charge in [-0.05, 0) is 18.9 Å². The standard InChI is InChI=1S/C22H21N3O3S2/c1-3-10-25-21(28)19-16(15-8-6-14(2)7-9-15)12-29-20(19)23-22(25)30-13-18(27)24-11-4-5-17(24)26/h3,6-9,12H,1,4-5,10-11,13H2,2H3. The van der Waals surface area contributed by atoms with Crippen molar-refractivity contribution < 1.29 is 9.59 Å². The van der Waals surface area contributed by atoms with Gasteiger partial charge in [0.2, 0.25) is 11.8 Å². The Morgan fingerprint density at radius 1 is 1.30 bits per heavy atom. The van der Waals surface area contributed by atoms with Crippen LogP contribution in [0.4, 0.5) is 0 Å². The first kappa shape index (κ1) is 20.6. The number of thiophene rings is 1. The number of nitrogens with zero attached hydrogens (tertiary/aromatic N) is 3. The van der Waals surface area contributed by atoms with Crippen LogP contribution in [0, 0.1) is 6.92 Å². The second-order valence-electron chi connectivity index (χ2n) is 7.13. The van der Waals surface area contributed by atoms with E-state index in [2.05, 4.69) is 11.6 Å². The summed E-state index contributed by atoms with van der Waals surface area (Å²) < 4.78 is 1.55. The fourth-order valence-electron chi connectivity index (χ4n) is 3.47. The Morgan fingerprint density at radius 3 is 2.73 bits per heavy atom. The van der Waals surface area contributed by atoms with Gasteiger partial charge in [-0.15, -0.1) is 17.9 Å². The third-order valence-corrected chi connectivity index (χ3v) is 6.87. The van der Waals surface area contributed by atoms with Crippen molar-refractivity contribution in [3.05, 3.63) is 58.2 Å². The molecule has 0 saturated carbocycles. The molecule has 0 bridgehead atoms. The molecule has 2 aromatic heterocycles. The molecule has 154 valence electrons. The van der Waals surface area contributed by atoms with Gasteiger partial charge in [-0.25, -0.2) is 4.98 Å². The van der Waals surface area contributed by atoms with Crippen LogP contribution in [0.15, 0.2) is 52.3 Å². The zero-order valence-corrected chi connectivity index (χ0v) is 18.2. The quantitative estimate of drug-likeness (QED) is 0.331. The molecule has 0 atom stereocenters. The molecule has 30 heavy (non-hydrogen) atoms. The van der Waals surface area contributed by atoms with Crippen LogP contribution < -0.4 is 5.56 Å². The number of hydrogen-bond donors (Lipinski definition) is 0. The second-order valence-corrected chi connectivity index (χ2v) is 8.93. The lowest BCUT2D eigenvalue weighted by Gasteiger charge is -2.14. The lowest BCUT2D eigenvalue weighted by molar-refractivity contribution is -0.140. The number of rotatable bonds is 6. The predicted molar refractivity (Wildman–Crippen MR) is 121 cm³/mol. The fraction of sp³-hybridized carbons (Fsp3) is 0.273. The molecule has 6 nitrogen and oxygen atoms in total. The van der Waals surface area contributed by atoms with Crippen molar-refractivity contribution in [3.63, 3.8) is 0 Å². The molecule has 1 aliphatic heterocycles. The van der Waals surface area contributed by atoms with Gasteiger partial charge in [0.1, 0.15) is 4.83 Å². The summed E-state index contributed by atoms with van der Waals surface area (Å²) in [4.78, 5) is 44.2. The van der Waals surface area contributed by atoms with Crippen molar-refractivity contribution in [2.24, 2.45) is 0 Å². The van der Waals surface area contributed by atoms with Crippen molar-refractivity contribution in [2.75, 3.05) is 12.3 Å². The Morgan fingerprint density at radius 2 is 2.07 bits per heavy atom. The van der Waals surface area contributed by atoms with E-state index in [9.17, 15) is 14.4 Å². The highest BCUT2D eigenvalue weighted by atomic mass is 32.2. The monoisotopic (exact) mass is 439 g/mol. The number of aryl methyl sites for hydroxylation is 1. The number of carbonyl (C=O) groups is 2. The fourth-order valence-corrected chi connectivity index (χ4v) is 5.34. The summed E-state index contributed by atoms with van der Waals surface area (Å²) in [7, 11) is 0. The minimum absolute atomic E-state index is 0.0665. The summed E-state index contributed by atoms with van der Waals surface area (Å²) in [5.74, 6) is -0.307. The maximum Gasteiger partial charge on any atom is 0.263 e. The number of aromatic nitrogens is 2. The molecule has 1 aliphatic rings. The molecule has 3 aromatic rings. The van der Waals surface area contributed by atoms with E-state index in [1.165, 1.54) is 28.0 Å². The van der Waals surface area contributed by atoms with Crippen LogP contribution in [-0.4, -0.2) is 38.6 Å². The van der Waals surface area contributed by atoms with Gasteiger partial charge in [-0.3, -0.25) is 23.9 Å². The van der Waals surface area contributed by atoms with E-state index in [4.69, 9.17) is 0 Å². The van der Waals surface area contributed by atoms with Crippen LogP contribution in [0.5, 0.6) is 0 Å². The molecule has 1 saturated heterocycles. The van der Waals surface area contributed by atoms with Gasteiger partial charge in [0.15, 0.2) is 5.16 Å². The smallest absolute Gasteiger partial charge is 0.263 e. The molecule has 1 fully saturated rings. The van der Waals surface area contributed by atoms with Crippen LogP contribution in [0.3, 0.4) is 0 Å². The first-order chi connectivity index (χ1) is 14.5. The minimum atomic E-state index is -0.242. The Bertz CT molecular complexity index is 1190. The van der Waals surface area contributed by atoms with Gasteiger partial charge in [0, 0.05) is 30.5 Å². The van der Waals surface area contributed by atoms with Crippen LogP contribution in [-0.2, 0) is 16.1 Å². The average molecular weight is 440 g/mol. The van der Waals surface area contributed by atoms with Gasteiger partial charge < -0.3 is 0 Å². The molecule has 0 unspecified atom stereocenters. The summed E-state index contributed by atoms with van der Waals surface area (Å²) >= 11 is 2.60. The molecule has 3 heterocycles. The Kier molecular flexibility index (Phi) is 5.87. The molecular formula is C22H21N3O3S2. The summed E-state index contributed by atoms with van der Waals surface area (Å²) in [6.45, 7) is 6.54. The molecule has 2 amide bonds. The first-order valence-corrected chi connectivity index (χ1v) is 11.5. The summed E-state index contributed by atoms with van der Waals surface area (Å²) in [6.07, 6.45) is 2.76. The van der Waals surface area contributed by atoms with Crippen molar-refractivity contribution in [2.45, 2.75) is 31.5 Å². The van der Waals surface area contributed by atoms with E-state index in [0.29, 0.717) is 41.3 Å². The highest BCUT2D eigenvalue weighted by Crippen LogP contribution is 2.32. The highest BCUT2D eigenvalue weighted by Gasteiger charge is 2.27. The van der Waals surface area contributed by atoms with Gasteiger partial charge in [-0.1, -0.05) is 47.7 Å². The zero-order valence-electron chi connectivity index (χ0n) is 16.6. The van der Waals surface area contributed by atoms with Gasteiger partial charge in [0.25, 0.3) is 5.56 Å². The van der Waals surface area contributed by atoms with Crippen LogP contribution in [0.25, 0.3) is 21.3 Å². The number of benzene rings is 1. The lowest BCUT2D eigenvalue weighted by atomic mass is 10.1. The molecule has 4 rings (SSSR count). The van der Waals surface area contributed by atoms with E-state index in [-0.39, 0.29) is 23.1 Å². The largest absolute Gasteiger partial charge is 0.283 e. The Balaban J connectivity index is 1.70. The van der Waals surface area contributed by atoms with Crippen molar-refractivity contribution >= 4 is 45.1 Å². The number of carbonyl (C=O) groups excluding carboxylic acids is 2. The van der Waals surface area contributed by atoms with Crippen molar-refractivity contribution in [1.82, 2.24) is 14.5 Å². The van der Waals surface area contributed by atoms with E-state index >= 15 is 0 Å². The van der Waals surface area contributed by atoms with E-state index in [0.717, 1.165) is 16.7 Å². The van der Waals surface area contributed by atoms with E-state index in [1.807, 2.05) is 36.6 Å². The number of fused-ring (bicyclic) bond motifs is 1. The Labute approximate surface area is 182 Å². The summed E-state index contributed by atoms with van der Waals surface area (Å²) in [5.41, 5.74) is 2.84. The molecule has 0 spiro atoms. The number of hydrogen-bond acceptors (Lipinski definition) is 6. The maximum atomic E-state index is 13.3. The zero-order chi connectivity index (χ0) is 21.3. The maximum absolute atomic E-state index is 13.3. The van der Waals surface area contributed by atoms with Crippen LogP contribution >= 0.6 is 23.1 Å². The second kappa shape index (κ2) is 8.57. The number of imide groups is 1. The van der Waals surface area contributed by atoms with E-state index < -0.39 is 0 Å². The van der Waals surface area contributed by atoms with Gasteiger partial charge >= 0.3 is 0 Å². The summed E-state index contributed by atoms with van der Waals surface area (Å²) in [5, 5.41) is 2.99. The van der Waals surface area contributed by atoms with E-state index in [1.54, 1.807) is 10.6 Å².